The van der Waals surface area contributed by atoms with Gasteiger partial charge in [0.25, 0.3) is 0 Å². The summed E-state index contributed by atoms with van der Waals surface area (Å²) in [7, 11) is 1.94. The molecular weight excluding hydrogens is 295 g/mol. The summed E-state index contributed by atoms with van der Waals surface area (Å²) in [6.45, 7) is 1.98. The molecule has 4 nitrogen and oxygen atoms in total. The third-order valence-electron chi connectivity index (χ3n) is 3.27. The van der Waals surface area contributed by atoms with E-state index in [4.69, 9.17) is 29.0 Å². The van der Waals surface area contributed by atoms with E-state index in [0.29, 0.717) is 10.0 Å². The Kier molecular flexibility index (Phi) is 5.05. The van der Waals surface area contributed by atoms with Crippen molar-refractivity contribution in [2.75, 3.05) is 0 Å². The van der Waals surface area contributed by atoms with Crippen LogP contribution in [-0.4, -0.2) is 15.8 Å². The molecule has 0 aliphatic rings. The summed E-state index contributed by atoms with van der Waals surface area (Å²) in [6, 6.07) is 7.67. The van der Waals surface area contributed by atoms with E-state index in [1.807, 2.05) is 30.8 Å². The maximum absolute atomic E-state index is 6.20. The van der Waals surface area contributed by atoms with Crippen LogP contribution in [0.15, 0.2) is 24.3 Å². The molecule has 2 rings (SSSR count). The monoisotopic (exact) mass is 312 g/mol. The summed E-state index contributed by atoms with van der Waals surface area (Å²) in [5, 5.41) is 5.64. The van der Waals surface area contributed by atoms with Crippen LogP contribution in [0.4, 0.5) is 0 Å². The van der Waals surface area contributed by atoms with E-state index < -0.39 is 0 Å². The SMILES string of the molecule is Cc1cc(CC(Cc2ccc(Cl)cc2Cl)NN)n(C)n1. The molecule has 6 heteroatoms. The molecule has 3 N–H and O–H groups in total. The lowest BCUT2D eigenvalue weighted by Gasteiger charge is -2.17. The Morgan fingerprint density at radius 3 is 2.60 bits per heavy atom. The molecule has 0 amide bonds. The molecule has 1 aromatic heterocycles. The van der Waals surface area contributed by atoms with Crippen LogP contribution in [0.2, 0.25) is 10.0 Å². The number of nitrogens with two attached hydrogens (primary N) is 1. The van der Waals surface area contributed by atoms with Crippen LogP contribution in [0.3, 0.4) is 0 Å². The predicted octanol–water partition coefficient (Wildman–Crippen LogP) is 2.65. The van der Waals surface area contributed by atoms with Gasteiger partial charge in [-0.15, -0.1) is 0 Å². The maximum atomic E-state index is 6.20. The smallest absolute Gasteiger partial charge is 0.0596 e. The summed E-state index contributed by atoms with van der Waals surface area (Å²) in [5.41, 5.74) is 6.01. The fourth-order valence-electron chi connectivity index (χ4n) is 2.25. The summed E-state index contributed by atoms with van der Waals surface area (Å²) < 4.78 is 1.88. The Hall–Kier alpha value is -1.07. The largest absolute Gasteiger partial charge is 0.272 e. The standard InChI is InChI=1S/C14H18Cl2N4/c1-9-5-13(20(2)19-9)8-12(18-17)6-10-3-4-11(15)7-14(10)16/h3-5,7,12,18H,6,8,17H2,1-2H3. The molecule has 0 saturated carbocycles. The van der Waals surface area contributed by atoms with E-state index in [0.717, 1.165) is 29.8 Å². The molecule has 0 fully saturated rings. The van der Waals surface area contributed by atoms with Gasteiger partial charge in [-0.3, -0.25) is 16.0 Å². The van der Waals surface area contributed by atoms with Gasteiger partial charge in [0.2, 0.25) is 0 Å². The average molecular weight is 313 g/mol. The molecule has 1 heterocycles. The number of nitrogens with zero attached hydrogens (tertiary/aromatic N) is 2. The topological polar surface area (TPSA) is 55.9 Å². The first kappa shape index (κ1) is 15.3. The Morgan fingerprint density at radius 1 is 1.30 bits per heavy atom. The van der Waals surface area contributed by atoms with Crippen molar-refractivity contribution in [1.82, 2.24) is 15.2 Å². The minimum atomic E-state index is 0.0866. The second-order valence-corrected chi connectivity index (χ2v) is 5.75. The number of hydrazine groups is 1. The van der Waals surface area contributed by atoms with Crippen LogP contribution in [0.1, 0.15) is 17.0 Å². The average Bonchev–Trinajstić information content (AvgIpc) is 2.70. The van der Waals surface area contributed by atoms with Crippen LogP contribution in [0.5, 0.6) is 0 Å². The van der Waals surface area contributed by atoms with Gasteiger partial charge in [-0.25, -0.2) is 0 Å². The van der Waals surface area contributed by atoms with Gasteiger partial charge < -0.3 is 0 Å². The van der Waals surface area contributed by atoms with E-state index in [9.17, 15) is 0 Å². The Morgan fingerprint density at radius 2 is 2.05 bits per heavy atom. The van der Waals surface area contributed by atoms with E-state index in [2.05, 4.69) is 16.6 Å². The van der Waals surface area contributed by atoms with Gasteiger partial charge in [-0.1, -0.05) is 29.3 Å². The van der Waals surface area contributed by atoms with Crippen LogP contribution < -0.4 is 11.3 Å². The van der Waals surface area contributed by atoms with Gasteiger partial charge in [0.1, 0.15) is 0 Å². The Bertz CT molecular complexity index is 595. The Balaban J connectivity index is 2.11. The van der Waals surface area contributed by atoms with Crippen LogP contribution in [-0.2, 0) is 19.9 Å². The van der Waals surface area contributed by atoms with Crippen molar-refractivity contribution >= 4 is 23.2 Å². The van der Waals surface area contributed by atoms with Gasteiger partial charge >= 0.3 is 0 Å². The quantitative estimate of drug-likeness (QED) is 0.659. The minimum absolute atomic E-state index is 0.0866. The zero-order chi connectivity index (χ0) is 14.7. The second kappa shape index (κ2) is 6.59. The summed E-state index contributed by atoms with van der Waals surface area (Å²) in [4.78, 5) is 0. The molecule has 0 radical (unpaired) electrons. The highest BCUT2D eigenvalue weighted by Crippen LogP contribution is 2.22. The number of benzene rings is 1. The lowest BCUT2D eigenvalue weighted by atomic mass is 10.0. The van der Waals surface area contributed by atoms with Gasteiger partial charge in [0.15, 0.2) is 0 Å². The molecule has 108 valence electrons. The van der Waals surface area contributed by atoms with Crippen molar-refractivity contribution in [3.63, 3.8) is 0 Å². The van der Waals surface area contributed by atoms with E-state index in [1.165, 1.54) is 0 Å². The third kappa shape index (κ3) is 3.73. The lowest BCUT2D eigenvalue weighted by molar-refractivity contribution is 0.505. The molecule has 0 aliphatic heterocycles. The summed E-state index contributed by atoms with van der Waals surface area (Å²) in [5.74, 6) is 5.66. The van der Waals surface area contributed by atoms with E-state index in [-0.39, 0.29) is 6.04 Å². The Labute approximate surface area is 128 Å². The van der Waals surface area contributed by atoms with Crippen molar-refractivity contribution in [3.8, 4) is 0 Å². The molecule has 0 spiro atoms. The fraction of sp³-hybridized carbons (Fsp3) is 0.357. The number of hydrogen-bond donors (Lipinski definition) is 2. The third-order valence-corrected chi connectivity index (χ3v) is 3.86. The molecule has 0 aliphatic carbocycles. The predicted molar refractivity (Wildman–Crippen MR) is 82.9 cm³/mol. The first-order valence-corrected chi connectivity index (χ1v) is 7.14. The number of halogens is 2. The zero-order valence-electron chi connectivity index (χ0n) is 11.5. The molecule has 1 aromatic carbocycles. The minimum Gasteiger partial charge on any atom is -0.272 e. The fourth-order valence-corrected chi connectivity index (χ4v) is 2.74. The molecule has 1 atom stereocenters. The molecule has 2 aromatic rings. The molecule has 1 unspecified atom stereocenters. The number of nitrogens with one attached hydrogen (secondary N) is 1. The van der Waals surface area contributed by atoms with Crippen LogP contribution in [0.25, 0.3) is 0 Å². The van der Waals surface area contributed by atoms with Crippen LogP contribution >= 0.6 is 23.2 Å². The summed E-state index contributed by atoms with van der Waals surface area (Å²) >= 11 is 12.1. The highest BCUT2D eigenvalue weighted by atomic mass is 35.5. The van der Waals surface area contributed by atoms with Gasteiger partial charge in [0, 0.05) is 35.2 Å². The van der Waals surface area contributed by atoms with Crippen molar-refractivity contribution < 1.29 is 0 Å². The van der Waals surface area contributed by atoms with Gasteiger partial charge in [-0.05, 0) is 37.1 Å². The van der Waals surface area contributed by atoms with Crippen molar-refractivity contribution in [2.24, 2.45) is 12.9 Å². The van der Waals surface area contributed by atoms with Gasteiger partial charge in [-0.2, -0.15) is 5.10 Å². The first-order chi connectivity index (χ1) is 9.49. The summed E-state index contributed by atoms with van der Waals surface area (Å²) in [6.07, 6.45) is 1.52. The number of aryl methyl sites for hydroxylation is 2. The molecule has 0 saturated heterocycles. The number of rotatable bonds is 5. The van der Waals surface area contributed by atoms with Crippen LogP contribution in [0, 0.1) is 6.92 Å². The zero-order valence-corrected chi connectivity index (χ0v) is 13.0. The maximum Gasteiger partial charge on any atom is 0.0596 e. The number of aromatic nitrogens is 2. The normalized spacial score (nSPS) is 12.7. The molecule has 20 heavy (non-hydrogen) atoms. The molecular formula is C14H18Cl2N4. The van der Waals surface area contributed by atoms with Crippen molar-refractivity contribution in [2.45, 2.75) is 25.8 Å². The van der Waals surface area contributed by atoms with Crippen molar-refractivity contribution in [1.29, 1.82) is 0 Å². The lowest BCUT2D eigenvalue weighted by Crippen LogP contribution is -2.39. The molecule has 0 bridgehead atoms. The number of hydrogen-bond acceptors (Lipinski definition) is 3. The second-order valence-electron chi connectivity index (χ2n) is 4.91. The van der Waals surface area contributed by atoms with Gasteiger partial charge in [0.05, 0.1) is 5.69 Å². The van der Waals surface area contributed by atoms with E-state index >= 15 is 0 Å². The highest BCUT2D eigenvalue weighted by Gasteiger charge is 2.14. The van der Waals surface area contributed by atoms with Crippen molar-refractivity contribution in [3.05, 3.63) is 51.3 Å². The van der Waals surface area contributed by atoms with E-state index in [1.54, 1.807) is 6.07 Å². The highest BCUT2D eigenvalue weighted by molar-refractivity contribution is 6.35. The first-order valence-electron chi connectivity index (χ1n) is 6.39.